The molecule has 0 aromatic heterocycles. The van der Waals surface area contributed by atoms with Crippen molar-refractivity contribution in [3.8, 4) is 46.0 Å². The maximum Gasteiger partial charge on any atom is 0.342 e. The van der Waals surface area contributed by atoms with Gasteiger partial charge in [-0.25, -0.2) is 19.2 Å². The standard InChI is InChI=1S/2C28H37ClN2O6.2C28H38N2O6/c2*1-3-10-21-12-7-4-6-11-19(2)15-20(30-36-18-25(34)31-13-8-5-9-14-31)16-22-26(28(35)37-21)23(32)17-24(33)27(22)29;2*1-3-10-24-12-7-4-6-11-20(2)15-22(29-35-19-26(33)30-13-8-5-9-14-30)16-21-17-23(31)18-25(32)27(21)28(34)36-24/h2*4,7,15,17,21,32-33H,3,5-6,8-14,16,18H2,1-2H3;2*4,7,15,17-18,24,31-32H,3,5-6,8-14,16,19H2,1-2H3/b7-4+,19-15+,30-20+;7-4+,19-15+,30-20-;7-4+,20-15+,29-22+;7-4+,20-15+,29-22-. The Hall–Kier alpha value is -12.6. The fourth-order valence-corrected chi connectivity index (χ4v) is 18.6. The molecule has 796 valence electrons. The van der Waals surface area contributed by atoms with Crippen LogP contribution in [-0.2, 0) is 83.2 Å². The monoisotopic (exact) mass is 2060 g/mol. The molecule has 12 rings (SSSR count). The molecule has 4 aromatic carbocycles. The number of aromatic hydroxyl groups is 8. The molecule has 0 bridgehead atoms. The largest absolute Gasteiger partial charge is 0.508 e. The highest BCUT2D eigenvalue weighted by Crippen LogP contribution is 2.41. The van der Waals surface area contributed by atoms with E-state index in [4.69, 9.17) is 61.5 Å². The van der Waals surface area contributed by atoms with Gasteiger partial charge in [0, 0.05) is 128 Å². The van der Waals surface area contributed by atoms with Crippen molar-refractivity contribution in [3.05, 3.63) is 186 Å². The van der Waals surface area contributed by atoms with Gasteiger partial charge in [-0.2, -0.15) is 0 Å². The molecule has 8 aliphatic heterocycles. The van der Waals surface area contributed by atoms with Gasteiger partial charge in [-0.1, -0.05) is 168 Å². The van der Waals surface area contributed by atoms with Crippen LogP contribution in [0.2, 0.25) is 10.0 Å². The molecule has 4 atom stereocenters. The van der Waals surface area contributed by atoms with Crippen molar-refractivity contribution in [2.75, 3.05) is 78.8 Å². The summed E-state index contributed by atoms with van der Waals surface area (Å²) in [5.41, 5.74) is 6.75. The Balaban J connectivity index is 0.000000217. The Labute approximate surface area is 868 Å². The highest BCUT2D eigenvalue weighted by molar-refractivity contribution is 6.34. The summed E-state index contributed by atoms with van der Waals surface area (Å²) in [7, 11) is 0. The summed E-state index contributed by atoms with van der Waals surface area (Å²) in [5, 5.41) is 99.9. The summed E-state index contributed by atoms with van der Waals surface area (Å²) in [6, 6.07) is 7.17. The lowest BCUT2D eigenvalue weighted by Crippen LogP contribution is -2.37. The smallest absolute Gasteiger partial charge is 0.342 e. The first kappa shape index (κ1) is 117. The number of phenols is 8. The van der Waals surface area contributed by atoms with E-state index in [1.165, 1.54) is 12.1 Å². The second-order valence-corrected chi connectivity index (χ2v) is 39.0. The predicted molar refractivity (Wildman–Crippen MR) is 563 cm³/mol. The van der Waals surface area contributed by atoms with Crippen molar-refractivity contribution in [1.29, 1.82) is 0 Å². The molecule has 8 heterocycles. The van der Waals surface area contributed by atoms with Crippen LogP contribution in [0, 0.1) is 0 Å². The van der Waals surface area contributed by atoms with Crippen LogP contribution in [0.4, 0.5) is 0 Å². The number of cyclic esters (lactones) is 4. The maximum absolute atomic E-state index is 13.2. The molecule has 0 radical (unpaired) electrons. The number of piperidine rings is 4. The highest BCUT2D eigenvalue weighted by Gasteiger charge is 2.33. The van der Waals surface area contributed by atoms with Crippen molar-refractivity contribution >= 4 is 93.6 Å². The van der Waals surface area contributed by atoms with Crippen LogP contribution in [0.3, 0.4) is 0 Å². The lowest BCUT2D eigenvalue weighted by Gasteiger charge is -2.26. The van der Waals surface area contributed by atoms with Crippen molar-refractivity contribution in [1.82, 2.24) is 19.6 Å². The number of oxime groups is 4. The molecule has 4 unspecified atom stereocenters. The molecule has 4 fully saturated rings. The fourth-order valence-electron chi connectivity index (χ4n) is 18.2. The van der Waals surface area contributed by atoms with E-state index in [-0.39, 0.29) is 178 Å². The molecule has 8 aliphatic rings. The predicted octanol–water partition coefficient (Wildman–Crippen LogP) is 21.5. The molecule has 4 saturated heterocycles. The second-order valence-electron chi connectivity index (χ2n) is 38.3. The normalized spacial score (nSPS) is 23.0. The number of allylic oxidation sites excluding steroid dienone is 12. The number of fused-ring (bicyclic) bond motifs is 4. The summed E-state index contributed by atoms with van der Waals surface area (Å²) >= 11 is 12.9. The van der Waals surface area contributed by atoms with Crippen LogP contribution < -0.4 is 0 Å². The van der Waals surface area contributed by atoms with Crippen LogP contribution in [0.25, 0.3) is 0 Å². The highest BCUT2D eigenvalue weighted by atomic mass is 35.5. The zero-order chi connectivity index (χ0) is 105. The quantitative estimate of drug-likeness (QED) is 0.0176. The number of halogens is 2. The fraction of sp³-hybridized carbons (Fsp3) is 0.536. The van der Waals surface area contributed by atoms with Gasteiger partial charge in [-0.05, 0) is 240 Å². The minimum atomic E-state index is -0.723. The zero-order valence-corrected chi connectivity index (χ0v) is 87.6. The number of nitrogens with zero attached hydrogens (tertiary/aromatic N) is 8. The molecule has 0 saturated carbocycles. The molecule has 4 amide bonds. The number of carbonyl (C=O) groups is 8. The van der Waals surface area contributed by atoms with Crippen LogP contribution >= 0.6 is 23.2 Å². The van der Waals surface area contributed by atoms with E-state index >= 15 is 0 Å². The number of amides is 4. The summed E-state index contributed by atoms with van der Waals surface area (Å²) in [5.74, 6) is -5.83. The van der Waals surface area contributed by atoms with Gasteiger partial charge < -0.3 is 98.7 Å². The van der Waals surface area contributed by atoms with Gasteiger partial charge in [-0.15, -0.1) is 0 Å². The second kappa shape index (κ2) is 62.4. The number of benzene rings is 4. The number of esters is 4. The lowest BCUT2D eigenvalue weighted by molar-refractivity contribution is -0.137. The minimum absolute atomic E-state index is 0.00177. The molecular formula is C112H150Cl2N8O24. The van der Waals surface area contributed by atoms with Crippen LogP contribution in [0.15, 0.2) is 152 Å². The first-order valence-corrected chi connectivity index (χ1v) is 52.6. The van der Waals surface area contributed by atoms with E-state index in [1.807, 2.05) is 104 Å². The zero-order valence-electron chi connectivity index (χ0n) is 86.1. The van der Waals surface area contributed by atoms with Crippen LogP contribution in [0.1, 0.15) is 325 Å². The van der Waals surface area contributed by atoms with E-state index in [2.05, 4.69) is 44.9 Å². The third-order valence-electron chi connectivity index (χ3n) is 25.9. The van der Waals surface area contributed by atoms with Gasteiger partial charge >= 0.3 is 23.9 Å². The van der Waals surface area contributed by atoms with Gasteiger partial charge in [-0.3, -0.25) is 19.2 Å². The molecule has 4 aromatic rings. The molecule has 34 heteroatoms. The molecule has 8 N–H and O–H groups in total. The Morgan fingerprint density at radius 2 is 0.555 bits per heavy atom. The number of ether oxygens (including phenoxy) is 4. The summed E-state index contributed by atoms with van der Waals surface area (Å²) < 4.78 is 23.0. The average Bonchev–Trinajstić information content (AvgIpc) is 0.795. The topological polar surface area (TPSA) is 435 Å². The number of likely N-dealkylation sites (tertiary alicyclic amines) is 4. The first-order chi connectivity index (χ1) is 70.3. The molecule has 0 spiro atoms. The maximum atomic E-state index is 13.2. The molecular weight excluding hydrogens is 1910 g/mol. The molecule has 32 nitrogen and oxygen atoms in total. The van der Waals surface area contributed by atoms with Crippen molar-refractivity contribution in [2.45, 2.75) is 311 Å². The van der Waals surface area contributed by atoms with Crippen LogP contribution in [0.5, 0.6) is 46.0 Å². The molecule has 146 heavy (non-hydrogen) atoms. The third kappa shape index (κ3) is 39.0. The van der Waals surface area contributed by atoms with Gasteiger partial charge in [0.05, 0.1) is 32.9 Å². The van der Waals surface area contributed by atoms with E-state index < -0.39 is 35.4 Å². The summed E-state index contributed by atoms with van der Waals surface area (Å²) in [6.45, 7) is 21.0. The van der Waals surface area contributed by atoms with Gasteiger partial charge in [0.2, 0.25) is 0 Å². The number of hydrogen-bond acceptors (Lipinski definition) is 28. The van der Waals surface area contributed by atoms with Gasteiger partial charge in [0.1, 0.15) is 92.7 Å². The Bertz CT molecular complexity index is 5120. The van der Waals surface area contributed by atoms with E-state index in [9.17, 15) is 79.2 Å². The Morgan fingerprint density at radius 3 is 0.801 bits per heavy atom. The first-order valence-electron chi connectivity index (χ1n) is 51.9. The minimum Gasteiger partial charge on any atom is -0.508 e. The number of rotatable bonds is 20. The van der Waals surface area contributed by atoms with Crippen molar-refractivity contribution < 1.29 is 118 Å². The van der Waals surface area contributed by atoms with Gasteiger partial charge in [0.15, 0.2) is 26.4 Å². The van der Waals surface area contributed by atoms with Crippen LogP contribution in [-0.4, -0.2) is 234 Å². The Kier molecular flexibility index (Phi) is 50.0. The number of carbonyl (C=O) groups excluding carboxylic acids is 8. The number of phenolic OH excluding ortho intramolecular Hbond substituents is 8. The average molecular weight is 2060 g/mol. The third-order valence-corrected chi connectivity index (χ3v) is 26.7. The lowest BCUT2D eigenvalue weighted by atomic mass is 9.98. The van der Waals surface area contributed by atoms with E-state index in [1.54, 1.807) is 19.6 Å². The van der Waals surface area contributed by atoms with E-state index in [0.717, 1.165) is 227 Å². The van der Waals surface area contributed by atoms with E-state index in [0.29, 0.717) is 112 Å². The van der Waals surface area contributed by atoms with Gasteiger partial charge in [0.25, 0.3) is 23.6 Å². The number of hydrogen-bond donors (Lipinski definition) is 8. The summed E-state index contributed by atoms with van der Waals surface area (Å²) in [6.07, 6.45) is 49.8. The Morgan fingerprint density at radius 1 is 0.322 bits per heavy atom. The van der Waals surface area contributed by atoms with Crippen molar-refractivity contribution in [3.63, 3.8) is 0 Å². The molecule has 0 aliphatic carbocycles. The SMILES string of the molecule is CCCC1C/C=C/CC/C(C)=C/C(=N/OCC(=O)N2CCCCC2)Cc2c(Cl)c(O)cc(O)c2C(=O)O1.CCCC1C/C=C/CC/C(C)=C/C(=N/OCC(=O)N2CCCCC2)Cc2cc(O)cc(O)c2C(=O)O1.CCCC1C/C=C/CC/C(C)=C/C(=N\OCC(=O)N2CCCCC2)Cc2c(Cl)c(O)cc(O)c2C(=O)O1.CCCC1C/C=C/CC/C(C)=C/C(=N\OCC(=O)N2CCCCC2)Cc2cc(O)cc(O)c2C(=O)O1. The van der Waals surface area contributed by atoms with Crippen molar-refractivity contribution in [2.24, 2.45) is 20.6 Å². The summed E-state index contributed by atoms with van der Waals surface area (Å²) in [4.78, 5) is 132.